The zero-order chi connectivity index (χ0) is 15.0. The van der Waals surface area contributed by atoms with Crippen molar-refractivity contribution in [3.63, 3.8) is 0 Å². The Balaban J connectivity index is 2.57. The van der Waals surface area contributed by atoms with Gasteiger partial charge in [-0.05, 0) is 18.6 Å². The maximum Gasteiger partial charge on any atom is 0.390 e. The average Bonchev–Trinajstić information content (AvgIpc) is 2.36. The second kappa shape index (κ2) is 7.99. The molecule has 20 heavy (non-hydrogen) atoms. The minimum absolute atomic E-state index is 0.210. The summed E-state index contributed by atoms with van der Waals surface area (Å²) < 4.78 is 36.2. The van der Waals surface area contributed by atoms with Gasteiger partial charge < -0.3 is 10.6 Å². The zero-order valence-corrected chi connectivity index (χ0v) is 11.9. The highest BCUT2D eigenvalue weighted by molar-refractivity contribution is 6.31. The summed E-state index contributed by atoms with van der Waals surface area (Å²) in [6.45, 7) is 2.51. The van der Waals surface area contributed by atoms with Crippen LogP contribution in [-0.4, -0.2) is 25.2 Å². The molecule has 0 saturated carbocycles. The summed E-state index contributed by atoms with van der Waals surface area (Å²) in [5.41, 5.74) is 0.821. The molecule has 0 fully saturated rings. The summed E-state index contributed by atoms with van der Waals surface area (Å²) in [5, 5.41) is 6.12. The fourth-order valence-corrected chi connectivity index (χ4v) is 1.65. The molecule has 0 unspecified atom stereocenters. The molecule has 112 valence electrons. The Bertz CT molecular complexity index is 447. The summed E-state index contributed by atoms with van der Waals surface area (Å²) in [6.07, 6.45) is -5.07. The van der Waals surface area contributed by atoms with Crippen LogP contribution in [0, 0.1) is 0 Å². The van der Waals surface area contributed by atoms with Crippen molar-refractivity contribution in [3.8, 4) is 0 Å². The van der Waals surface area contributed by atoms with Crippen LogP contribution < -0.4 is 10.6 Å². The first-order valence-corrected chi connectivity index (χ1v) is 6.62. The number of nitrogens with zero attached hydrogens (tertiary/aromatic N) is 1. The van der Waals surface area contributed by atoms with E-state index in [9.17, 15) is 13.2 Å². The minimum atomic E-state index is -4.17. The first kappa shape index (κ1) is 16.6. The summed E-state index contributed by atoms with van der Waals surface area (Å²) >= 11 is 5.99. The van der Waals surface area contributed by atoms with Crippen molar-refractivity contribution in [1.29, 1.82) is 0 Å². The molecule has 0 spiro atoms. The number of hydrogen-bond donors (Lipinski definition) is 2. The maximum atomic E-state index is 12.1. The monoisotopic (exact) mass is 307 g/mol. The first-order valence-electron chi connectivity index (χ1n) is 6.24. The van der Waals surface area contributed by atoms with E-state index in [1.54, 1.807) is 6.07 Å². The zero-order valence-electron chi connectivity index (χ0n) is 11.1. The topological polar surface area (TPSA) is 36.4 Å². The number of halogens is 4. The van der Waals surface area contributed by atoms with Gasteiger partial charge in [-0.1, -0.05) is 29.8 Å². The van der Waals surface area contributed by atoms with Crippen LogP contribution in [0.4, 0.5) is 13.2 Å². The molecule has 7 heteroatoms. The Morgan fingerprint density at radius 3 is 2.55 bits per heavy atom. The molecule has 0 heterocycles. The molecule has 0 aliphatic carbocycles. The van der Waals surface area contributed by atoms with Gasteiger partial charge in [-0.25, -0.2) is 4.99 Å². The molecule has 0 bridgehead atoms. The van der Waals surface area contributed by atoms with Crippen LogP contribution in [0.3, 0.4) is 0 Å². The number of aliphatic imine (C=N–C) groups is 1. The normalized spacial score (nSPS) is 12.3. The van der Waals surface area contributed by atoms with E-state index < -0.39 is 12.6 Å². The number of alkyl halides is 3. The Labute approximate surface area is 121 Å². The third-order valence-corrected chi connectivity index (χ3v) is 2.78. The van der Waals surface area contributed by atoms with E-state index >= 15 is 0 Å². The van der Waals surface area contributed by atoms with Gasteiger partial charge in [0.15, 0.2) is 5.96 Å². The van der Waals surface area contributed by atoms with Crippen molar-refractivity contribution in [2.75, 3.05) is 13.1 Å². The van der Waals surface area contributed by atoms with Crippen LogP contribution in [-0.2, 0) is 6.54 Å². The van der Waals surface area contributed by atoms with Crippen molar-refractivity contribution >= 4 is 17.6 Å². The highest BCUT2D eigenvalue weighted by Crippen LogP contribution is 2.18. The predicted octanol–water partition coefficient (Wildman–Crippen LogP) is 3.35. The number of nitrogens with one attached hydrogen (secondary N) is 2. The average molecular weight is 308 g/mol. The Hall–Kier alpha value is -1.43. The van der Waals surface area contributed by atoms with Crippen molar-refractivity contribution < 1.29 is 13.2 Å². The fraction of sp³-hybridized carbons (Fsp3) is 0.462. The van der Waals surface area contributed by atoms with Crippen molar-refractivity contribution in [1.82, 2.24) is 10.6 Å². The third kappa shape index (κ3) is 6.65. The molecule has 3 nitrogen and oxygen atoms in total. The fourth-order valence-electron chi connectivity index (χ4n) is 1.46. The van der Waals surface area contributed by atoms with Gasteiger partial charge in [0.2, 0.25) is 0 Å². The number of hydrogen-bond acceptors (Lipinski definition) is 1. The summed E-state index contributed by atoms with van der Waals surface area (Å²) in [5.74, 6) is 0.344. The standard InChI is InChI=1S/C13H17ClF3N3/c1-2-18-12(19-8-7-13(15,16)17)20-9-10-5-3-4-6-11(10)14/h3-6H,2,7-9H2,1H3,(H2,18,19,20). The summed E-state index contributed by atoms with van der Waals surface area (Å²) in [6, 6.07) is 7.21. The molecule has 0 amide bonds. The number of guanidine groups is 1. The predicted molar refractivity (Wildman–Crippen MR) is 74.9 cm³/mol. The Morgan fingerprint density at radius 2 is 1.95 bits per heavy atom. The molecule has 0 saturated heterocycles. The van der Waals surface area contributed by atoms with E-state index in [-0.39, 0.29) is 6.54 Å². The molecule has 0 aliphatic heterocycles. The van der Waals surface area contributed by atoms with Crippen LogP contribution in [0.1, 0.15) is 18.9 Å². The highest BCUT2D eigenvalue weighted by Gasteiger charge is 2.26. The molecular formula is C13H17ClF3N3. The van der Waals surface area contributed by atoms with E-state index in [2.05, 4.69) is 15.6 Å². The van der Waals surface area contributed by atoms with Crippen LogP contribution in [0.5, 0.6) is 0 Å². The molecule has 2 N–H and O–H groups in total. The molecule has 1 aromatic carbocycles. The second-order valence-electron chi connectivity index (χ2n) is 4.08. The minimum Gasteiger partial charge on any atom is -0.357 e. The molecule has 0 aromatic heterocycles. The molecule has 1 rings (SSSR count). The Kier molecular flexibility index (Phi) is 6.64. The Morgan fingerprint density at radius 1 is 1.25 bits per heavy atom. The van der Waals surface area contributed by atoms with Crippen LogP contribution in [0.2, 0.25) is 5.02 Å². The molecular weight excluding hydrogens is 291 g/mol. The number of benzene rings is 1. The smallest absolute Gasteiger partial charge is 0.357 e. The summed E-state index contributed by atoms with van der Waals surface area (Å²) in [4.78, 5) is 4.21. The van der Waals surface area contributed by atoms with Gasteiger partial charge in [-0.15, -0.1) is 0 Å². The van der Waals surface area contributed by atoms with Gasteiger partial charge in [-0.3, -0.25) is 0 Å². The van der Waals surface area contributed by atoms with E-state index in [1.807, 2.05) is 25.1 Å². The lowest BCUT2D eigenvalue weighted by Gasteiger charge is -2.12. The van der Waals surface area contributed by atoms with Gasteiger partial charge in [0.25, 0.3) is 0 Å². The van der Waals surface area contributed by atoms with Crippen LogP contribution >= 0.6 is 11.6 Å². The van der Waals surface area contributed by atoms with Crippen LogP contribution in [0.15, 0.2) is 29.3 Å². The molecule has 0 atom stereocenters. The van der Waals surface area contributed by atoms with Gasteiger partial charge in [-0.2, -0.15) is 13.2 Å². The van der Waals surface area contributed by atoms with Crippen molar-refractivity contribution in [3.05, 3.63) is 34.9 Å². The van der Waals surface area contributed by atoms with Crippen LogP contribution in [0.25, 0.3) is 0 Å². The first-order chi connectivity index (χ1) is 9.42. The lowest BCUT2D eigenvalue weighted by atomic mass is 10.2. The van der Waals surface area contributed by atoms with Gasteiger partial charge >= 0.3 is 6.18 Å². The third-order valence-electron chi connectivity index (χ3n) is 2.41. The van der Waals surface area contributed by atoms with Gasteiger partial charge in [0.05, 0.1) is 13.0 Å². The largest absolute Gasteiger partial charge is 0.390 e. The highest BCUT2D eigenvalue weighted by atomic mass is 35.5. The lowest BCUT2D eigenvalue weighted by molar-refractivity contribution is -0.132. The molecule has 0 aliphatic rings. The van der Waals surface area contributed by atoms with E-state index in [0.717, 1.165) is 5.56 Å². The van der Waals surface area contributed by atoms with E-state index in [1.165, 1.54) is 0 Å². The lowest BCUT2D eigenvalue weighted by Crippen LogP contribution is -2.38. The van der Waals surface area contributed by atoms with Crippen molar-refractivity contribution in [2.45, 2.75) is 26.1 Å². The van der Waals surface area contributed by atoms with E-state index in [4.69, 9.17) is 11.6 Å². The van der Waals surface area contributed by atoms with Gasteiger partial charge in [0, 0.05) is 18.1 Å². The summed E-state index contributed by atoms with van der Waals surface area (Å²) in [7, 11) is 0. The molecule has 1 aromatic rings. The molecule has 0 radical (unpaired) electrons. The second-order valence-corrected chi connectivity index (χ2v) is 4.49. The number of rotatable bonds is 5. The maximum absolute atomic E-state index is 12.1. The van der Waals surface area contributed by atoms with Gasteiger partial charge in [0.1, 0.15) is 0 Å². The van der Waals surface area contributed by atoms with E-state index in [0.29, 0.717) is 24.1 Å². The quantitative estimate of drug-likeness (QED) is 0.646. The van der Waals surface area contributed by atoms with Crippen molar-refractivity contribution in [2.24, 2.45) is 4.99 Å². The SMILES string of the molecule is CCNC(=NCc1ccccc1Cl)NCCC(F)(F)F.